The van der Waals surface area contributed by atoms with Gasteiger partial charge in [-0.25, -0.2) is 4.52 Å². The SMILES string of the molecule is CC(C)(O)c1cc2nn(C3CCC(NCCNCC4CN(c5cccc([C@H]6CCC(=O)NC6=O)c5)C4)CC3)cc2cc1NC(=O)c1ccc2cc(C#N)cnn12. The highest BCUT2D eigenvalue weighted by molar-refractivity contribution is 6.05. The number of piperidine rings is 1. The van der Waals surface area contributed by atoms with Crippen molar-refractivity contribution in [1.29, 1.82) is 5.26 Å². The van der Waals surface area contributed by atoms with E-state index in [1.165, 1.54) is 10.7 Å². The third-order valence-electron chi connectivity index (χ3n) is 11.5. The number of anilines is 2. The Morgan fingerprint density at radius 2 is 1.86 bits per heavy atom. The van der Waals surface area contributed by atoms with Crippen molar-refractivity contribution in [2.45, 2.75) is 76.0 Å². The molecule has 3 fully saturated rings. The number of hydrogen-bond donors (Lipinski definition) is 5. The highest BCUT2D eigenvalue weighted by Crippen LogP contribution is 2.35. The maximum atomic E-state index is 13.5. The molecule has 3 amide bonds. The fraction of sp³-hybridized carbons (Fsp3) is 0.429. The number of nitrogens with zero attached hydrogens (tertiary/aromatic N) is 6. The number of nitriles is 1. The smallest absolute Gasteiger partial charge is 0.274 e. The third kappa shape index (κ3) is 7.88. The molecule has 56 heavy (non-hydrogen) atoms. The first-order valence-corrected chi connectivity index (χ1v) is 19.6. The molecule has 8 rings (SSSR count). The maximum Gasteiger partial charge on any atom is 0.274 e. The van der Waals surface area contributed by atoms with Gasteiger partial charge in [-0.3, -0.25) is 24.4 Å². The molecule has 3 aromatic heterocycles. The van der Waals surface area contributed by atoms with E-state index in [1.54, 1.807) is 32.0 Å². The van der Waals surface area contributed by atoms with Crippen LogP contribution in [0.1, 0.15) is 91.5 Å². The van der Waals surface area contributed by atoms with Crippen LogP contribution in [0.3, 0.4) is 0 Å². The van der Waals surface area contributed by atoms with Gasteiger partial charge < -0.3 is 26.0 Å². The Balaban J connectivity index is 0.793. The van der Waals surface area contributed by atoms with Gasteiger partial charge in [0.1, 0.15) is 11.8 Å². The van der Waals surface area contributed by atoms with Crippen molar-refractivity contribution >= 4 is 45.5 Å². The van der Waals surface area contributed by atoms with E-state index in [4.69, 9.17) is 5.10 Å². The van der Waals surface area contributed by atoms with Crippen molar-refractivity contribution in [2.24, 2.45) is 5.92 Å². The Labute approximate surface area is 325 Å². The van der Waals surface area contributed by atoms with E-state index in [-0.39, 0.29) is 29.7 Å². The number of imide groups is 1. The largest absolute Gasteiger partial charge is 0.386 e. The average molecular weight is 757 g/mol. The number of benzene rings is 2. The normalized spacial score (nSPS) is 20.5. The van der Waals surface area contributed by atoms with Crippen LogP contribution in [0.4, 0.5) is 11.4 Å². The first kappa shape index (κ1) is 37.3. The zero-order valence-corrected chi connectivity index (χ0v) is 31.8. The number of nitrogens with one attached hydrogen (secondary N) is 4. The Morgan fingerprint density at radius 3 is 2.62 bits per heavy atom. The number of fused-ring (bicyclic) bond motifs is 2. The molecule has 2 saturated heterocycles. The number of amides is 3. The monoisotopic (exact) mass is 756 g/mol. The third-order valence-corrected chi connectivity index (χ3v) is 11.5. The highest BCUT2D eigenvalue weighted by atomic mass is 16.3. The first-order valence-electron chi connectivity index (χ1n) is 19.6. The molecular weight excluding hydrogens is 709 g/mol. The Bertz CT molecular complexity index is 2320. The lowest BCUT2D eigenvalue weighted by Gasteiger charge is -2.41. The average Bonchev–Trinajstić information content (AvgIpc) is 3.79. The molecule has 5 N–H and O–H groups in total. The maximum absolute atomic E-state index is 13.5. The van der Waals surface area contributed by atoms with E-state index in [1.807, 2.05) is 35.1 Å². The number of aromatic nitrogens is 4. The number of hydrogen-bond acceptors (Lipinski definition) is 10. The predicted octanol–water partition coefficient (Wildman–Crippen LogP) is 4.35. The molecule has 1 aliphatic carbocycles. The molecule has 5 heterocycles. The van der Waals surface area contributed by atoms with Crippen molar-refractivity contribution in [1.82, 2.24) is 35.3 Å². The summed E-state index contributed by atoms with van der Waals surface area (Å²) in [6, 6.07) is 19.8. The van der Waals surface area contributed by atoms with E-state index in [9.17, 15) is 24.8 Å². The quantitative estimate of drug-likeness (QED) is 0.0907. The minimum absolute atomic E-state index is 0.187. The molecule has 1 saturated carbocycles. The van der Waals surface area contributed by atoms with Crippen LogP contribution in [0.25, 0.3) is 16.4 Å². The first-order chi connectivity index (χ1) is 27.0. The Hall–Kier alpha value is -5.62. The van der Waals surface area contributed by atoms with Gasteiger partial charge in [0.05, 0.1) is 40.4 Å². The lowest BCUT2D eigenvalue weighted by molar-refractivity contribution is -0.134. The van der Waals surface area contributed by atoms with E-state index < -0.39 is 5.60 Å². The van der Waals surface area contributed by atoms with Gasteiger partial charge in [-0.15, -0.1) is 0 Å². The van der Waals surface area contributed by atoms with Crippen LogP contribution >= 0.6 is 0 Å². The lowest BCUT2D eigenvalue weighted by Crippen LogP contribution is -2.51. The van der Waals surface area contributed by atoms with Crippen LogP contribution in [0.15, 0.2) is 67.0 Å². The summed E-state index contributed by atoms with van der Waals surface area (Å²) in [4.78, 5) is 39.7. The van der Waals surface area contributed by atoms with Gasteiger partial charge in [-0.05, 0) is 94.0 Å². The van der Waals surface area contributed by atoms with Gasteiger partial charge in [0.15, 0.2) is 0 Å². The van der Waals surface area contributed by atoms with Crippen molar-refractivity contribution < 1.29 is 19.5 Å². The summed E-state index contributed by atoms with van der Waals surface area (Å²) in [5, 5.41) is 43.2. The summed E-state index contributed by atoms with van der Waals surface area (Å²) in [5.41, 5.74) is 4.09. The van der Waals surface area contributed by atoms with E-state index in [0.29, 0.717) is 52.8 Å². The second-order valence-electron chi connectivity index (χ2n) is 16.0. The van der Waals surface area contributed by atoms with Gasteiger partial charge in [0.25, 0.3) is 5.91 Å². The van der Waals surface area contributed by atoms with Gasteiger partial charge in [0, 0.05) is 79.6 Å². The molecule has 2 aromatic carbocycles. The van der Waals surface area contributed by atoms with Gasteiger partial charge >= 0.3 is 0 Å². The van der Waals surface area contributed by atoms with Crippen LogP contribution in [0.2, 0.25) is 0 Å². The summed E-state index contributed by atoms with van der Waals surface area (Å²) in [7, 11) is 0. The molecule has 3 aliphatic rings. The summed E-state index contributed by atoms with van der Waals surface area (Å²) >= 11 is 0. The van der Waals surface area contributed by atoms with Crippen LogP contribution in [-0.4, -0.2) is 81.0 Å². The summed E-state index contributed by atoms with van der Waals surface area (Å²) < 4.78 is 3.55. The van der Waals surface area contributed by atoms with E-state index in [0.717, 1.165) is 80.6 Å². The second-order valence-corrected chi connectivity index (χ2v) is 16.0. The van der Waals surface area contributed by atoms with Gasteiger partial charge in [-0.2, -0.15) is 15.5 Å². The molecule has 14 nitrogen and oxygen atoms in total. The molecule has 1 atom stereocenters. The number of rotatable bonds is 12. The van der Waals surface area contributed by atoms with Crippen LogP contribution in [0.5, 0.6) is 0 Å². The number of carbonyl (C=O) groups excluding carboxylic acids is 3. The number of aliphatic hydroxyl groups is 1. The molecule has 0 unspecified atom stereocenters. The molecule has 0 spiro atoms. The topological polar surface area (TPSA) is 182 Å². The number of carbonyl (C=O) groups is 3. The molecule has 14 heteroatoms. The van der Waals surface area contributed by atoms with Crippen LogP contribution < -0.4 is 26.2 Å². The standard InChI is InChI=1S/C42H48N10O4/c1-42(2,56)35-19-36-29(18-37(35)47-41(55)38-12-10-33-16-26(20-43)22-46-52(33)38)25-51(49-36)31-8-6-30(7-9-31)45-15-14-44-21-27-23-50(24-27)32-5-3-4-28(17-32)34-11-13-39(53)48-40(34)54/h3-5,10,12,16-19,22,25,27,30-31,34,44-45,56H,6-9,11,13-15,21,23-24H2,1-2H3,(H,47,55)(H,48,53,54)/t30?,31?,34-/m1/s1. The minimum atomic E-state index is -1.23. The van der Waals surface area contributed by atoms with E-state index in [2.05, 4.69) is 49.5 Å². The molecule has 0 radical (unpaired) electrons. The minimum Gasteiger partial charge on any atom is -0.386 e. The van der Waals surface area contributed by atoms with Crippen LogP contribution in [-0.2, 0) is 15.2 Å². The molecule has 290 valence electrons. The zero-order valence-electron chi connectivity index (χ0n) is 31.8. The fourth-order valence-electron chi connectivity index (χ4n) is 8.38. The van der Waals surface area contributed by atoms with Gasteiger partial charge in [0.2, 0.25) is 11.8 Å². The van der Waals surface area contributed by atoms with Crippen molar-refractivity contribution in [2.75, 3.05) is 42.9 Å². The second kappa shape index (κ2) is 15.5. The van der Waals surface area contributed by atoms with Gasteiger partial charge in [-0.1, -0.05) is 12.1 Å². The summed E-state index contributed by atoms with van der Waals surface area (Å²) in [6.07, 6.45) is 8.54. The van der Waals surface area contributed by atoms with Crippen molar-refractivity contribution in [3.63, 3.8) is 0 Å². The zero-order chi connectivity index (χ0) is 39.0. The summed E-state index contributed by atoms with van der Waals surface area (Å²) in [5.74, 6) is -0.435. The Kier molecular flexibility index (Phi) is 10.3. The lowest BCUT2D eigenvalue weighted by atomic mass is 9.89. The molecule has 2 aliphatic heterocycles. The van der Waals surface area contributed by atoms with Crippen molar-refractivity contribution in [3.05, 3.63) is 89.4 Å². The van der Waals surface area contributed by atoms with E-state index >= 15 is 0 Å². The molecular formula is C42H48N10O4. The van der Waals surface area contributed by atoms with Crippen LogP contribution in [0, 0.1) is 17.2 Å². The van der Waals surface area contributed by atoms with Crippen molar-refractivity contribution in [3.8, 4) is 6.07 Å². The summed E-state index contributed by atoms with van der Waals surface area (Å²) in [6.45, 7) is 8.14. The highest BCUT2D eigenvalue weighted by Gasteiger charge is 2.31. The molecule has 0 bridgehead atoms. The fourth-order valence-corrected chi connectivity index (χ4v) is 8.38. The Morgan fingerprint density at radius 1 is 1.04 bits per heavy atom. The molecule has 5 aromatic rings. The predicted molar refractivity (Wildman–Crippen MR) is 212 cm³/mol.